The number of rotatable bonds is 6. The Labute approximate surface area is 88.0 Å². The molecule has 0 aliphatic rings. The molecule has 0 N–H and O–H groups in total. The highest BCUT2D eigenvalue weighted by Gasteiger charge is 1.82. The van der Waals surface area contributed by atoms with E-state index in [0.29, 0.717) is 0 Å². The van der Waals surface area contributed by atoms with Crippen molar-refractivity contribution in [1.29, 1.82) is 0 Å². The van der Waals surface area contributed by atoms with Gasteiger partial charge in [0.15, 0.2) is 0 Å². The lowest BCUT2D eigenvalue weighted by atomic mass is 10.2. The monoisotopic (exact) mass is 188 g/mol. The predicted octanol–water partition coefficient (Wildman–Crippen LogP) is 4.59. The third-order valence-corrected chi connectivity index (χ3v) is 1.73. The fourth-order valence-electron chi connectivity index (χ4n) is 0.901. The van der Waals surface area contributed by atoms with Gasteiger partial charge in [0, 0.05) is 0 Å². The van der Waals surface area contributed by atoms with Crippen LogP contribution < -0.4 is 0 Å². The highest BCUT2D eigenvalue weighted by molar-refractivity contribution is 5.32. The van der Waals surface area contributed by atoms with Crippen molar-refractivity contribution in [2.75, 3.05) is 0 Å². The molecule has 0 aromatic rings. The second-order valence-electron chi connectivity index (χ2n) is 3.19. The summed E-state index contributed by atoms with van der Waals surface area (Å²) >= 11 is 0. The van der Waals surface area contributed by atoms with Gasteiger partial charge < -0.3 is 0 Å². The molecule has 0 heterocycles. The van der Waals surface area contributed by atoms with Crippen molar-refractivity contribution in [2.24, 2.45) is 0 Å². The average molecular weight is 188 g/mol. The maximum atomic E-state index is 3.92. The second-order valence-corrected chi connectivity index (χ2v) is 3.19. The first kappa shape index (κ1) is 12.7. The van der Waals surface area contributed by atoms with Gasteiger partial charge in [0.25, 0.3) is 0 Å². The molecule has 0 bridgehead atoms. The number of hydrogen-bond acceptors (Lipinski definition) is 0. The maximum Gasteiger partial charge on any atom is -0.0166 e. The van der Waals surface area contributed by atoms with Gasteiger partial charge in [-0.05, 0) is 25.3 Å². The lowest BCUT2D eigenvalue weighted by Crippen LogP contribution is -1.71. The molecular formula is C14H20. The molecule has 0 nitrogen and oxygen atoms in total. The second kappa shape index (κ2) is 8.31. The molecule has 0 fully saturated rings. The predicted molar refractivity (Wildman–Crippen MR) is 66.3 cm³/mol. The van der Waals surface area contributed by atoms with Crippen molar-refractivity contribution in [2.45, 2.75) is 26.7 Å². The zero-order valence-electron chi connectivity index (χ0n) is 9.29. The van der Waals surface area contributed by atoms with Gasteiger partial charge in [-0.3, -0.25) is 0 Å². The van der Waals surface area contributed by atoms with Crippen molar-refractivity contribution >= 4 is 0 Å². The van der Waals surface area contributed by atoms with E-state index in [-0.39, 0.29) is 0 Å². The van der Waals surface area contributed by atoms with E-state index in [1.54, 1.807) is 0 Å². The van der Waals surface area contributed by atoms with E-state index in [2.05, 4.69) is 45.2 Å². The van der Waals surface area contributed by atoms with Crippen molar-refractivity contribution in [3.63, 3.8) is 0 Å². The first-order valence-corrected chi connectivity index (χ1v) is 5.02. The van der Waals surface area contributed by atoms with Crippen LogP contribution in [0.15, 0.2) is 60.8 Å². The Bertz CT molecular complexity index is 262. The maximum absolute atomic E-state index is 3.92. The topological polar surface area (TPSA) is 0 Å². The zero-order chi connectivity index (χ0) is 10.8. The van der Waals surface area contributed by atoms with Gasteiger partial charge in [-0.15, -0.1) is 6.58 Å². The number of hydrogen-bond donors (Lipinski definition) is 0. The summed E-state index contributed by atoms with van der Waals surface area (Å²) in [4.78, 5) is 0. The van der Waals surface area contributed by atoms with Crippen LogP contribution in [0.3, 0.4) is 0 Å². The largest absolute Gasteiger partial charge is 0.103 e. The lowest BCUT2D eigenvalue weighted by Gasteiger charge is -1.91. The zero-order valence-corrected chi connectivity index (χ0v) is 9.29. The van der Waals surface area contributed by atoms with E-state index in [1.807, 2.05) is 18.2 Å². The highest BCUT2D eigenvalue weighted by Crippen LogP contribution is 2.02. The third kappa shape index (κ3) is 7.35. The molecule has 76 valence electrons. The van der Waals surface area contributed by atoms with Gasteiger partial charge in [0.2, 0.25) is 0 Å². The van der Waals surface area contributed by atoms with Crippen LogP contribution in [0.1, 0.15) is 26.7 Å². The molecular weight excluding hydrogens is 168 g/mol. The Hall–Kier alpha value is -1.30. The summed E-state index contributed by atoms with van der Waals surface area (Å²) in [7, 11) is 0. The van der Waals surface area contributed by atoms with Crippen molar-refractivity contribution < 1.29 is 0 Å². The molecule has 14 heavy (non-hydrogen) atoms. The smallest absolute Gasteiger partial charge is 0.0166 e. The molecule has 0 radical (unpaired) electrons. The molecule has 0 amide bonds. The van der Waals surface area contributed by atoms with Gasteiger partial charge in [0.1, 0.15) is 0 Å². The molecule has 0 aromatic heterocycles. The van der Waals surface area contributed by atoms with E-state index in [1.165, 1.54) is 5.57 Å². The summed E-state index contributed by atoms with van der Waals surface area (Å²) in [6.07, 6.45) is 14.3. The van der Waals surface area contributed by atoms with Crippen LogP contribution in [0, 0.1) is 0 Å². The summed E-state index contributed by atoms with van der Waals surface area (Å²) in [5, 5.41) is 0. The molecule has 0 saturated heterocycles. The molecule has 0 aromatic carbocycles. The van der Waals surface area contributed by atoms with Crippen LogP contribution in [0.2, 0.25) is 0 Å². The van der Waals surface area contributed by atoms with Crippen LogP contribution in [-0.2, 0) is 0 Å². The van der Waals surface area contributed by atoms with E-state index in [9.17, 15) is 0 Å². The standard InChI is InChI=1S/C14H20/c1-5-7-9-13(3)11-12-14(4)10-8-6-2/h5,8-12H,1,4,6-7H2,2-3H3/b10-8-,12-11-,13-9-. The summed E-state index contributed by atoms with van der Waals surface area (Å²) in [6, 6.07) is 0. The minimum Gasteiger partial charge on any atom is -0.103 e. The van der Waals surface area contributed by atoms with E-state index < -0.39 is 0 Å². The lowest BCUT2D eigenvalue weighted by molar-refractivity contribution is 1.22. The summed E-state index contributed by atoms with van der Waals surface area (Å²) < 4.78 is 0. The van der Waals surface area contributed by atoms with Gasteiger partial charge >= 0.3 is 0 Å². The minimum atomic E-state index is 0.924. The van der Waals surface area contributed by atoms with Crippen LogP contribution in [0.5, 0.6) is 0 Å². The van der Waals surface area contributed by atoms with Gasteiger partial charge in [0.05, 0.1) is 0 Å². The first-order valence-electron chi connectivity index (χ1n) is 5.02. The minimum absolute atomic E-state index is 0.924. The Kier molecular flexibility index (Phi) is 7.53. The van der Waals surface area contributed by atoms with Crippen molar-refractivity contribution in [3.8, 4) is 0 Å². The molecule has 0 atom stereocenters. The first-order chi connectivity index (χ1) is 6.70. The van der Waals surface area contributed by atoms with Crippen LogP contribution in [0.4, 0.5) is 0 Å². The summed E-state index contributed by atoms with van der Waals surface area (Å²) in [5.74, 6) is 0. The highest BCUT2D eigenvalue weighted by atomic mass is 13.9. The molecule has 0 unspecified atom stereocenters. The molecule has 0 aliphatic carbocycles. The number of allylic oxidation sites excluding steroid dienone is 8. The van der Waals surface area contributed by atoms with Gasteiger partial charge in [-0.1, -0.05) is 55.5 Å². The molecule has 0 rings (SSSR count). The van der Waals surface area contributed by atoms with Crippen LogP contribution in [-0.4, -0.2) is 0 Å². The average Bonchev–Trinajstić information content (AvgIpc) is 2.20. The van der Waals surface area contributed by atoms with Crippen LogP contribution >= 0.6 is 0 Å². The normalized spacial score (nSPS) is 12.6. The van der Waals surface area contributed by atoms with E-state index in [0.717, 1.165) is 18.4 Å². The fourth-order valence-corrected chi connectivity index (χ4v) is 0.901. The Morgan fingerprint density at radius 2 is 1.93 bits per heavy atom. The Balaban J connectivity index is 4.09. The molecule has 0 aliphatic heterocycles. The quantitative estimate of drug-likeness (QED) is 0.422. The summed E-state index contributed by atoms with van der Waals surface area (Å²) in [6.45, 7) is 11.8. The third-order valence-electron chi connectivity index (χ3n) is 1.73. The Morgan fingerprint density at radius 1 is 1.21 bits per heavy atom. The Morgan fingerprint density at radius 3 is 2.50 bits per heavy atom. The fraction of sp³-hybridized carbons (Fsp3) is 0.286. The van der Waals surface area contributed by atoms with Crippen molar-refractivity contribution in [1.82, 2.24) is 0 Å². The van der Waals surface area contributed by atoms with E-state index in [4.69, 9.17) is 0 Å². The molecule has 0 spiro atoms. The summed E-state index contributed by atoms with van der Waals surface area (Å²) in [5.41, 5.74) is 2.29. The SMILES string of the molecule is C=CC/C=C(C)\C=C/C(=C)/C=C\CC. The van der Waals surface area contributed by atoms with Crippen molar-refractivity contribution in [3.05, 3.63) is 60.8 Å². The van der Waals surface area contributed by atoms with Crippen LogP contribution in [0.25, 0.3) is 0 Å². The van der Waals surface area contributed by atoms with Gasteiger partial charge in [-0.2, -0.15) is 0 Å². The van der Waals surface area contributed by atoms with E-state index >= 15 is 0 Å². The molecule has 0 heteroatoms. The van der Waals surface area contributed by atoms with Gasteiger partial charge in [-0.25, -0.2) is 0 Å². The molecule has 0 saturated carbocycles.